The second-order valence-electron chi connectivity index (χ2n) is 4.82. The van der Waals surface area contributed by atoms with Crippen LogP contribution >= 0.6 is 0 Å². The minimum atomic E-state index is -0.767. The van der Waals surface area contributed by atoms with Gasteiger partial charge in [-0.05, 0) is 42.5 Å². The monoisotopic (exact) mass is 331 g/mol. The average Bonchev–Trinajstić information content (AvgIpc) is 2.54. The maximum absolute atomic E-state index is 12.8. The number of carbonyl (C=O) groups excluding carboxylic acids is 3. The van der Waals surface area contributed by atoms with Gasteiger partial charge >= 0.3 is 0 Å². The average molecular weight is 331 g/mol. The van der Waals surface area contributed by atoms with E-state index in [1.807, 2.05) is 0 Å². The van der Waals surface area contributed by atoms with E-state index in [2.05, 4.69) is 5.32 Å². The number of hydrogen-bond donors (Lipinski definition) is 3. The summed E-state index contributed by atoms with van der Waals surface area (Å²) in [5, 5.41) is 2.46. The summed E-state index contributed by atoms with van der Waals surface area (Å²) in [6.45, 7) is -0.349. The van der Waals surface area contributed by atoms with Crippen molar-refractivity contribution >= 4 is 23.4 Å². The fourth-order valence-electron chi connectivity index (χ4n) is 1.86. The maximum atomic E-state index is 12.8. The summed E-state index contributed by atoms with van der Waals surface area (Å²) in [5.74, 6) is -2.19. The van der Waals surface area contributed by atoms with Gasteiger partial charge in [-0.15, -0.1) is 0 Å². The van der Waals surface area contributed by atoms with Crippen LogP contribution in [0, 0.1) is 5.82 Å². The van der Waals surface area contributed by atoms with E-state index in [0.29, 0.717) is 5.75 Å². The third kappa shape index (κ3) is 4.54. The molecule has 0 saturated carbocycles. The van der Waals surface area contributed by atoms with E-state index < -0.39 is 23.5 Å². The van der Waals surface area contributed by atoms with E-state index in [-0.39, 0.29) is 23.4 Å². The lowest BCUT2D eigenvalue weighted by Gasteiger charge is -2.09. The summed E-state index contributed by atoms with van der Waals surface area (Å²) in [6, 6.07) is 9.00. The lowest BCUT2D eigenvalue weighted by molar-refractivity contribution is -0.118. The Labute approximate surface area is 136 Å². The molecule has 0 fully saturated rings. The Bertz CT molecular complexity index is 758. The normalized spacial score (nSPS) is 10.0. The molecule has 124 valence electrons. The molecule has 2 rings (SSSR count). The highest BCUT2D eigenvalue weighted by atomic mass is 19.1. The third-order valence-corrected chi connectivity index (χ3v) is 2.97. The number of primary amides is 2. The summed E-state index contributed by atoms with van der Waals surface area (Å²) in [4.78, 5) is 34.4. The van der Waals surface area contributed by atoms with Crippen LogP contribution in [0.4, 0.5) is 10.1 Å². The van der Waals surface area contributed by atoms with Crippen molar-refractivity contribution in [3.8, 4) is 5.75 Å². The number of nitrogens with one attached hydrogen (secondary N) is 1. The van der Waals surface area contributed by atoms with Crippen molar-refractivity contribution in [3.63, 3.8) is 0 Å². The summed E-state index contributed by atoms with van der Waals surface area (Å²) < 4.78 is 18.0. The SMILES string of the molecule is NC(=O)c1cc(NC(=O)COc2ccc(F)cc2)cc(C(N)=O)c1. The van der Waals surface area contributed by atoms with Gasteiger partial charge in [-0.25, -0.2) is 4.39 Å². The maximum Gasteiger partial charge on any atom is 0.262 e. The molecular weight excluding hydrogens is 317 g/mol. The fraction of sp³-hybridized carbons (Fsp3) is 0.0625. The standard InChI is InChI=1S/C16H14FN3O4/c17-11-1-3-13(4-2-11)24-8-14(21)20-12-6-9(15(18)22)5-10(7-12)16(19)23/h1-7H,8H2,(H2,18,22)(H2,19,23)(H,20,21). The zero-order chi connectivity index (χ0) is 17.7. The van der Waals surface area contributed by atoms with Crippen molar-refractivity contribution in [1.29, 1.82) is 0 Å². The molecule has 0 atom stereocenters. The van der Waals surface area contributed by atoms with Gasteiger partial charge in [-0.2, -0.15) is 0 Å². The van der Waals surface area contributed by atoms with Crippen LogP contribution in [-0.4, -0.2) is 24.3 Å². The molecule has 2 aromatic carbocycles. The van der Waals surface area contributed by atoms with Gasteiger partial charge in [0.15, 0.2) is 6.61 Å². The van der Waals surface area contributed by atoms with Gasteiger partial charge in [0.1, 0.15) is 11.6 Å². The van der Waals surface area contributed by atoms with Gasteiger partial charge < -0.3 is 21.5 Å². The van der Waals surface area contributed by atoms with Gasteiger partial charge in [-0.1, -0.05) is 0 Å². The van der Waals surface area contributed by atoms with Crippen molar-refractivity contribution in [2.24, 2.45) is 11.5 Å². The molecule has 0 spiro atoms. The Morgan fingerprint density at radius 3 is 2.00 bits per heavy atom. The van der Waals surface area contributed by atoms with Crippen molar-refractivity contribution < 1.29 is 23.5 Å². The van der Waals surface area contributed by atoms with E-state index in [0.717, 1.165) is 0 Å². The van der Waals surface area contributed by atoms with Crippen molar-refractivity contribution in [1.82, 2.24) is 0 Å². The lowest BCUT2D eigenvalue weighted by atomic mass is 10.1. The predicted molar refractivity (Wildman–Crippen MR) is 84.0 cm³/mol. The molecule has 0 aliphatic carbocycles. The molecule has 8 heteroatoms. The molecular formula is C16H14FN3O4. The van der Waals surface area contributed by atoms with Crippen LogP contribution in [0.1, 0.15) is 20.7 Å². The molecule has 0 heterocycles. The molecule has 0 radical (unpaired) electrons. The van der Waals surface area contributed by atoms with Gasteiger partial charge in [0, 0.05) is 16.8 Å². The summed E-state index contributed by atoms with van der Waals surface area (Å²) in [7, 11) is 0. The molecule has 0 bridgehead atoms. The number of ether oxygens (including phenoxy) is 1. The molecule has 3 amide bonds. The van der Waals surface area contributed by atoms with Crippen molar-refractivity contribution in [2.45, 2.75) is 0 Å². The number of hydrogen-bond acceptors (Lipinski definition) is 4. The van der Waals surface area contributed by atoms with Gasteiger partial charge in [0.05, 0.1) is 0 Å². The fourth-order valence-corrected chi connectivity index (χ4v) is 1.86. The minimum Gasteiger partial charge on any atom is -0.484 e. The Kier molecular flexibility index (Phi) is 5.10. The first-order chi connectivity index (χ1) is 11.3. The first-order valence-electron chi connectivity index (χ1n) is 6.78. The van der Waals surface area contributed by atoms with Crippen LogP contribution in [0.15, 0.2) is 42.5 Å². The second-order valence-corrected chi connectivity index (χ2v) is 4.82. The topological polar surface area (TPSA) is 125 Å². The number of carbonyl (C=O) groups is 3. The zero-order valence-corrected chi connectivity index (χ0v) is 12.4. The molecule has 0 aliphatic rings. The lowest BCUT2D eigenvalue weighted by Crippen LogP contribution is -2.22. The minimum absolute atomic E-state index is 0.0288. The van der Waals surface area contributed by atoms with Crippen LogP contribution in [0.5, 0.6) is 5.75 Å². The summed E-state index contributed by atoms with van der Waals surface area (Å²) in [6.07, 6.45) is 0. The zero-order valence-electron chi connectivity index (χ0n) is 12.4. The van der Waals surface area contributed by atoms with Crippen LogP contribution in [0.25, 0.3) is 0 Å². The molecule has 7 nitrogen and oxygen atoms in total. The highest BCUT2D eigenvalue weighted by molar-refractivity contribution is 6.01. The number of benzene rings is 2. The van der Waals surface area contributed by atoms with Crippen LogP contribution < -0.4 is 21.5 Å². The Hall–Kier alpha value is -3.42. The number of amides is 3. The molecule has 0 aromatic heterocycles. The highest BCUT2D eigenvalue weighted by Crippen LogP contribution is 2.15. The van der Waals surface area contributed by atoms with Crippen LogP contribution in [-0.2, 0) is 4.79 Å². The largest absolute Gasteiger partial charge is 0.484 e. The summed E-state index contributed by atoms with van der Waals surface area (Å²) >= 11 is 0. The number of halogens is 1. The number of anilines is 1. The molecule has 0 unspecified atom stereocenters. The van der Waals surface area contributed by atoms with E-state index in [4.69, 9.17) is 16.2 Å². The van der Waals surface area contributed by atoms with Crippen molar-refractivity contribution in [3.05, 3.63) is 59.4 Å². The van der Waals surface area contributed by atoms with Gasteiger partial charge in [0.2, 0.25) is 11.8 Å². The number of rotatable bonds is 6. The van der Waals surface area contributed by atoms with Gasteiger partial charge in [0.25, 0.3) is 5.91 Å². The van der Waals surface area contributed by atoms with E-state index in [9.17, 15) is 18.8 Å². The van der Waals surface area contributed by atoms with E-state index in [1.54, 1.807) is 0 Å². The van der Waals surface area contributed by atoms with Gasteiger partial charge in [-0.3, -0.25) is 14.4 Å². The molecule has 0 aliphatic heterocycles. The predicted octanol–water partition coefficient (Wildman–Crippen LogP) is 1.04. The second kappa shape index (κ2) is 7.23. The Morgan fingerprint density at radius 2 is 1.50 bits per heavy atom. The van der Waals surface area contributed by atoms with E-state index >= 15 is 0 Å². The smallest absolute Gasteiger partial charge is 0.262 e. The molecule has 5 N–H and O–H groups in total. The number of nitrogens with two attached hydrogens (primary N) is 2. The Balaban J connectivity index is 2.06. The molecule has 0 saturated heterocycles. The van der Waals surface area contributed by atoms with Crippen molar-refractivity contribution in [2.75, 3.05) is 11.9 Å². The van der Waals surface area contributed by atoms with Crippen LogP contribution in [0.2, 0.25) is 0 Å². The quantitative estimate of drug-likeness (QED) is 0.731. The molecule has 24 heavy (non-hydrogen) atoms. The Morgan fingerprint density at radius 1 is 0.958 bits per heavy atom. The molecule has 2 aromatic rings. The third-order valence-electron chi connectivity index (χ3n) is 2.97. The summed E-state index contributed by atoms with van der Waals surface area (Å²) in [5.41, 5.74) is 10.6. The first-order valence-corrected chi connectivity index (χ1v) is 6.78. The van der Waals surface area contributed by atoms with Crippen LogP contribution in [0.3, 0.4) is 0 Å². The van der Waals surface area contributed by atoms with E-state index in [1.165, 1.54) is 42.5 Å². The highest BCUT2D eigenvalue weighted by Gasteiger charge is 2.11. The first kappa shape index (κ1) is 16.9.